The van der Waals surface area contributed by atoms with Gasteiger partial charge in [-0.2, -0.15) is 0 Å². The standard InChI is InChI=1S/C29H31ClN4O4S/c1-3-18-38-24-11-6-21(7-12-24)28(36)34-16-14-33(15-17-34)26-13-8-22(19-25(26)30)31-29(39)32-27(35)20-4-9-23(37-2)10-5-20/h4-13,19H,3,14-18H2,1-2H3,(H2,31,32,35,39). The lowest BCUT2D eigenvalue weighted by atomic mass is 10.1. The summed E-state index contributed by atoms with van der Waals surface area (Å²) in [5.41, 5.74) is 2.64. The number of hydrogen-bond acceptors (Lipinski definition) is 6. The number of anilines is 2. The van der Waals surface area contributed by atoms with Crippen molar-refractivity contribution in [1.29, 1.82) is 0 Å². The minimum absolute atomic E-state index is 0.00698. The number of thiocarbonyl (C=S) groups is 1. The van der Waals surface area contributed by atoms with Crippen LogP contribution >= 0.6 is 23.8 Å². The average Bonchev–Trinajstić information content (AvgIpc) is 2.96. The van der Waals surface area contributed by atoms with E-state index in [1.165, 1.54) is 0 Å². The fourth-order valence-corrected chi connectivity index (χ4v) is 4.68. The van der Waals surface area contributed by atoms with Crippen LogP contribution in [0.5, 0.6) is 11.5 Å². The molecule has 0 atom stereocenters. The molecule has 1 fully saturated rings. The predicted octanol–water partition coefficient (Wildman–Crippen LogP) is 5.23. The Bertz CT molecular complexity index is 1310. The van der Waals surface area contributed by atoms with Crippen LogP contribution in [0.4, 0.5) is 11.4 Å². The second kappa shape index (κ2) is 13.3. The summed E-state index contributed by atoms with van der Waals surface area (Å²) >= 11 is 11.9. The first-order chi connectivity index (χ1) is 18.9. The summed E-state index contributed by atoms with van der Waals surface area (Å²) < 4.78 is 10.7. The maximum absolute atomic E-state index is 13.0. The quantitative estimate of drug-likeness (QED) is 0.361. The smallest absolute Gasteiger partial charge is 0.257 e. The van der Waals surface area contributed by atoms with Crippen LogP contribution in [0.2, 0.25) is 5.02 Å². The highest BCUT2D eigenvalue weighted by molar-refractivity contribution is 7.80. The molecule has 1 aliphatic heterocycles. The number of nitrogens with one attached hydrogen (secondary N) is 2. The topological polar surface area (TPSA) is 83.1 Å². The number of nitrogens with zero attached hydrogens (tertiary/aromatic N) is 2. The molecule has 0 bridgehead atoms. The molecule has 4 rings (SSSR count). The van der Waals surface area contributed by atoms with Crippen molar-refractivity contribution in [3.05, 3.63) is 82.9 Å². The van der Waals surface area contributed by atoms with Crippen LogP contribution in [0.25, 0.3) is 0 Å². The zero-order chi connectivity index (χ0) is 27.8. The van der Waals surface area contributed by atoms with Crippen molar-refractivity contribution in [3.63, 3.8) is 0 Å². The van der Waals surface area contributed by atoms with Gasteiger partial charge < -0.3 is 24.6 Å². The molecule has 0 radical (unpaired) electrons. The lowest BCUT2D eigenvalue weighted by Gasteiger charge is -2.36. The third-order valence-corrected chi connectivity index (χ3v) is 6.77. The Kier molecular flexibility index (Phi) is 9.62. The Balaban J connectivity index is 1.29. The van der Waals surface area contributed by atoms with Crippen LogP contribution in [0.1, 0.15) is 34.1 Å². The first-order valence-electron chi connectivity index (χ1n) is 12.7. The van der Waals surface area contributed by atoms with Gasteiger partial charge >= 0.3 is 0 Å². The molecule has 1 saturated heterocycles. The fraction of sp³-hybridized carbons (Fsp3) is 0.276. The van der Waals surface area contributed by atoms with Gasteiger partial charge in [0.05, 0.1) is 24.4 Å². The largest absolute Gasteiger partial charge is 0.497 e. The first kappa shape index (κ1) is 28.2. The lowest BCUT2D eigenvalue weighted by molar-refractivity contribution is 0.0746. The molecule has 3 aromatic rings. The van der Waals surface area contributed by atoms with Crippen molar-refractivity contribution in [2.24, 2.45) is 0 Å². The number of carbonyl (C=O) groups excluding carboxylic acids is 2. The van der Waals surface area contributed by atoms with E-state index < -0.39 is 0 Å². The molecule has 0 saturated carbocycles. The van der Waals surface area contributed by atoms with E-state index in [9.17, 15) is 9.59 Å². The highest BCUT2D eigenvalue weighted by Gasteiger charge is 2.23. The highest BCUT2D eigenvalue weighted by Crippen LogP contribution is 2.30. The number of methoxy groups -OCH3 is 1. The van der Waals surface area contributed by atoms with E-state index in [4.69, 9.17) is 33.3 Å². The molecule has 0 aromatic heterocycles. The van der Waals surface area contributed by atoms with Gasteiger partial charge in [-0.15, -0.1) is 0 Å². The highest BCUT2D eigenvalue weighted by atomic mass is 35.5. The Morgan fingerprint density at radius 2 is 1.56 bits per heavy atom. The summed E-state index contributed by atoms with van der Waals surface area (Å²) in [6.07, 6.45) is 0.936. The molecule has 204 valence electrons. The Labute approximate surface area is 238 Å². The van der Waals surface area contributed by atoms with Crippen molar-refractivity contribution >= 4 is 52.1 Å². The second-order valence-corrected chi connectivity index (χ2v) is 9.77. The molecule has 0 aliphatic carbocycles. The monoisotopic (exact) mass is 566 g/mol. The summed E-state index contributed by atoms with van der Waals surface area (Å²) in [6, 6.07) is 19.6. The molecule has 0 spiro atoms. The van der Waals surface area contributed by atoms with E-state index in [-0.39, 0.29) is 16.9 Å². The molecule has 10 heteroatoms. The SMILES string of the molecule is CCCOc1ccc(C(=O)N2CCN(c3ccc(NC(=S)NC(=O)c4ccc(OC)cc4)cc3Cl)CC2)cc1. The Morgan fingerprint density at radius 3 is 2.18 bits per heavy atom. The Morgan fingerprint density at radius 1 is 0.923 bits per heavy atom. The number of rotatable bonds is 8. The van der Waals surface area contributed by atoms with E-state index in [0.717, 1.165) is 17.9 Å². The van der Waals surface area contributed by atoms with Crippen molar-refractivity contribution in [1.82, 2.24) is 10.2 Å². The van der Waals surface area contributed by atoms with Crippen molar-refractivity contribution in [3.8, 4) is 11.5 Å². The van der Waals surface area contributed by atoms with Gasteiger partial charge in [-0.3, -0.25) is 14.9 Å². The minimum atomic E-state index is -0.328. The third kappa shape index (κ3) is 7.40. The summed E-state index contributed by atoms with van der Waals surface area (Å²) in [7, 11) is 1.57. The zero-order valence-corrected chi connectivity index (χ0v) is 23.5. The van der Waals surface area contributed by atoms with Crippen LogP contribution in [-0.4, -0.2) is 61.7 Å². The zero-order valence-electron chi connectivity index (χ0n) is 21.9. The minimum Gasteiger partial charge on any atom is -0.497 e. The fourth-order valence-electron chi connectivity index (χ4n) is 4.17. The normalized spacial score (nSPS) is 13.0. The van der Waals surface area contributed by atoms with Crippen LogP contribution in [0, 0.1) is 0 Å². The number of carbonyl (C=O) groups is 2. The third-order valence-electron chi connectivity index (χ3n) is 6.27. The van der Waals surface area contributed by atoms with E-state index in [1.54, 1.807) is 37.4 Å². The molecule has 1 aliphatic rings. The van der Waals surface area contributed by atoms with E-state index >= 15 is 0 Å². The molecular weight excluding hydrogens is 536 g/mol. The summed E-state index contributed by atoms with van der Waals surface area (Å²) in [5.74, 6) is 1.11. The lowest BCUT2D eigenvalue weighted by Crippen LogP contribution is -2.48. The van der Waals surface area contributed by atoms with Crippen molar-refractivity contribution < 1.29 is 19.1 Å². The molecule has 2 amide bonds. The first-order valence-corrected chi connectivity index (χ1v) is 13.5. The van der Waals surface area contributed by atoms with Gasteiger partial charge in [0.15, 0.2) is 5.11 Å². The van der Waals surface area contributed by atoms with Crippen molar-refractivity contribution in [2.75, 3.05) is 50.1 Å². The van der Waals surface area contributed by atoms with Crippen LogP contribution in [0.3, 0.4) is 0 Å². The molecule has 2 N–H and O–H groups in total. The number of amides is 2. The van der Waals surface area contributed by atoms with Gasteiger partial charge in [0.1, 0.15) is 11.5 Å². The number of benzene rings is 3. The summed E-state index contributed by atoms with van der Waals surface area (Å²) in [4.78, 5) is 29.4. The second-order valence-electron chi connectivity index (χ2n) is 8.96. The maximum atomic E-state index is 13.0. The van der Waals surface area contributed by atoms with Gasteiger partial charge in [-0.25, -0.2) is 0 Å². The average molecular weight is 567 g/mol. The van der Waals surface area contributed by atoms with Crippen LogP contribution in [0.15, 0.2) is 66.7 Å². The van der Waals surface area contributed by atoms with Crippen LogP contribution in [-0.2, 0) is 0 Å². The molecular formula is C29H31ClN4O4S. The Hall–Kier alpha value is -3.82. The molecule has 1 heterocycles. The molecule has 39 heavy (non-hydrogen) atoms. The van der Waals surface area contributed by atoms with Gasteiger partial charge in [0.2, 0.25) is 0 Å². The number of hydrogen-bond donors (Lipinski definition) is 2. The van der Waals surface area contributed by atoms with Gasteiger partial charge in [-0.05, 0) is 85.4 Å². The van der Waals surface area contributed by atoms with E-state index in [2.05, 4.69) is 22.5 Å². The van der Waals surface area contributed by atoms with Gasteiger partial charge in [-0.1, -0.05) is 18.5 Å². The summed E-state index contributed by atoms with van der Waals surface area (Å²) in [6.45, 7) is 5.20. The van der Waals surface area contributed by atoms with E-state index in [1.807, 2.05) is 41.3 Å². The van der Waals surface area contributed by atoms with Gasteiger partial charge in [0.25, 0.3) is 11.8 Å². The number of halogens is 1. The molecule has 3 aromatic carbocycles. The predicted molar refractivity (Wildman–Crippen MR) is 158 cm³/mol. The summed E-state index contributed by atoms with van der Waals surface area (Å²) in [5, 5.41) is 6.38. The van der Waals surface area contributed by atoms with E-state index in [0.29, 0.717) is 60.4 Å². The molecule has 8 nitrogen and oxygen atoms in total. The number of ether oxygens (including phenoxy) is 2. The van der Waals surface area contributed by atoms with Crippen molar-refractivity contribution in [2.45, 2.75) is 13.3 Å². The van der Waals surface area contributed by atoms with Crippen LogP contribution < -0.4 is 25.0 Å². The molecule has 0 unspecified atom stereocenters. The maximum Gasteiger partial charge on any atom is 0.257 e. The van der Waals surface area contributed by atoms with Gasteiger partial charge in [0, 0.05) is 43.0 Å². The number of piperazine rings is 1.